The van der Waals surface area contributed by atoms with Crippen LogP contribution in [0.2, 0.25) is 0 Å². The zero-order chi connectivity index (χ0) is 18.3. The molecule has 0 fully saturated rings. The topological polar surface area (TPSA) is 84.5 Å². The Morgan fingerprint density at radius 1 is 1.16 bits per heavy atom. The van der Waals surface area contributed by atoms with Crippen molar-refractivity contribution in [2.45, 2.75) is 18.7 Å². The fraction of sp³-hybridized carbons (Fsp3) is 0.278. The van der Waals surface area contributed by atoms with Gasteiger partial charge in [-0.05, 0) is 35.2 Å². The number of hydrogen-bond donors (Lipinski definition) is 2. The van der Waals surface area contributed by atoms with E-state index in [0.29, 0.717) is 17.7 Å². The molecule has 0 atom stereocenters. The second-order valence-corrected chi connectivity index (χ2v) is 7.99. The number of aliphatic imine (C=N–C) groups is 1. The van der Waals surface area contributed by atoms with Crippen LogP contribution in [-0.4, -0.2) is 27.2 Å². The van der Waals surface area contributed by atoms with Gasteiger partial charge < -0.3 is 11.1 Å². The fourth-order valence-electron chi connectivity index (χ4n) is 2.37. The molecule has 2 aromatic carbocycles. The zero-order valence-electron chi connectivity index (χ0n) is 14.1. The average molecular weight is 363 g/mol. The van der Waals surface area contributed by atoms with Gasteiger partial charge in [0.15, 0.2) is 15.8 Å². The number of hydrogen-bond acceptors (Lipinski definition) is 3. The van der Waals surface area contributed by atoms with E-state index in [1.165, 1.54) is 23.8 Å². The molecular formula is C18H22FN3O2S. The fourth-order valence-corrected chi connectivity index (χ4v) is 3.22. The summed E-state index contributed by atoms with van der Waals surface area (Å²) in [4.78, 5) is 4.18. The van der Waals surface area contributed by atoms with Crippen LogP contribution in [0.15, 0.2) is 53.5 Å². The molecule has 5 nitrogen and oxygen atoms in total. The number of nitrogens with two attached hydrogens (primary N) is 1. The van der Waals surface area contributed by atoms with Crippen molar-refractivity contribution in [3.8, 4) is 0 Å². The van der Waals surface area contributed by atoms with Crippen LogP contribution in [0.4, 0.5) is 4.39 Å². The highest BCUT2D eigenvalue weighted by atomic mass is 32.2. The van der Waals surface area contributed by atoms with Gasteiger partial charge in [-0.25, -0.2) is 17.8 Å². The molecule has 25 heavy (non-hydrogen) atoms. The lowest BCUT2D eigenvalue weighted by Crippen LogP contribution is -2.33. The van der Waals surface area contributed by atoms with Gasteiger partial charge in [0.2, 0.25) is 0 Å². The van der Waals surface area contributed by atoms with Gasteiger partial charge in [0, 0.05) is 12.8 Å². The molecule has 3 N–H and O–H groups in total. The first-order valence-corrected chi connectivity index (χ1v) is 9.92. The van der Waals surface area contributed by atoms with Gasteiger partial charge in [-0.15, -0.1) is 0 Å². The van der Waals surface area contributed by atoms with Crippen molar-refractivity contribution < 1.29 is 12.8 Å². The maximum absolute atomic E-state index is 13.5. The van der Waals surface area contributed by atoms with E-state index in [1.54, 1.807) is 0 Å². The predicted molar refractivity (Wildman–Crippen MR) is 98.4 cm³/mol. The molecule has 0 saturated heterocycles. The Morgan fingerprint density at radius 2 is 1.88 bits per heavy atom. The van der Waals surface area contributed by atoms with E-state index in [0.717, 1.165) is 12.7 Å². The van der Waals surface area contributed by atoms with Crippen molar-refractivity contribution in [1.82, 2.24) is 5.32 Å². The van der Waals surface area contributed by atoms with Crippen molar-refractivity contribution in [3.05, 3.63) is 71.0 Å². The van der Waals surface area contributed by atoms with Gasteiger partial charge in [0.1, 0.15) is 5.82 Å². The summed E-state index contributed by atoms with van der Waals surface area (Å²) >= 11 is 0. The molecule has 0 radical (unpaired) electrons. The van der Waals surface area contributed by atoms with Crippen LogP contribution in [0.1, 0.15) is 16.7 Å². The van der Waals surface area contributed by atoms with Crippen LogP contribution in [0, 0.1) is 5.82 Å². The summed E-state index contributed by atoms with van der Waals surface area (Å²) < 4.78 is 36.4. The normalized spacial score (nSPS) is 12.2. The number of guanidine groups is 1. The minimum Gasteiger partial charge on any atom is -0.370 e. The third-order valence-corrected chi connectivity index (χ3v) is 4.40. The summed E-state index contributed by atoms with van der Waals surface area (Å²) in [6, 6.07) is 14.0. The first kappa shape index (κ1) is 18.9. The number of rotatable bonds is 7. The molecule has 0 aromatic heterocycles. The Balaban J connectivity index is 1.96. The third-order valence-electron chi connectivity index (χ3n) is 3.57. The zero-order valence-corrected chi connectivity index (χ0v) is 14.9. The van der Waals surface area contributed by atoms with Crippen LogP contribution in [0.5, 0.6) is 0 Å². The molecule has 2 rings (SSSR count). The van der Waals surface area contributed by atoms with Crippen LogP contribution < -0.4 is 11.1 Å². The Morgan fingerprint density at radius 3 is 2.56 bits per heavy atom. The molecule has 0 bridgehead atoms. The summed E-state index contributed by atoms with van der Waals surface area (Å²) in [6.07, 6.45) is 1.94. The molecule has 0 unspecified atom stereocenters. The van der Waals surface area contributed by atoms with Crippen LogP contribution in [0.3, 0.4) is 0 Å². The Labute approximate surface area is 147 Å². The first-order chi connectivity index (χ1) is 11.8. The highest BCUT2D eigenvalue weighted by molar-refractivity contribution is 7.89. The van der Waals surface area contributed by atoms with Crippen LogP contribution >= 0.6 is 0 Å². The Kier molecular flexibility index (Phi) is 6.52. The van der Waals surface area contributed by atoms with E-state index < -0.39 is 15.7 Å². The van der Waals surface area contributed by atoms with E-state index in [1.807, 2.05) is 30.3 Å². The smallest absolute Gasteiger partial charge is 0.188 e. The highest BCUT2D eigenvalue weighted by Gasteiger charge is 2.10. The van der Waals surface area contributed by atoms with Gasteiger partial charge in [-0.1, -0.05) is 36.4 Å². The number of nitrogens with zero attached hydrogens (tertiary/aromatic N) is 1. The van der Waals surface area contributed by atoms with Crippen molar-refractivity contribution in [3.63, 3.8) is 0 Å². The largest absolute Gasteiger partial charge is 0.370 e. The number of benzene rings is 2. The molecule has 0 spiro atoms. The first-order valence-electron chi connectivity index (χ1n) is 7.86. The summed E-state index contributed by atoms with van der Waals surface area (Å²) in [7, 11) is -3.21. The lowest BCUT2D eigenvalue weighted by Gasteiger charge is -2.09. The van der Waals surface area contributed by atoms with Crippen molar-refractivity contribution in [1.29, 1.82) is 0 Å². The van der Waals surface area contributed by atoms with E-state index in [4.69, 9.17) is 5.73 Å². The molecule has 134 valence electrons. The van der Waals surface area contributed by atoms with E-state index in [2.05, 4.69) is 10.3 Å². The summed E-state index contributed by atoms with van der Waals surface area (Å²) in [5, 5.41) is 3.00. The molecular weight excluding hydrogens is 341 g/mol. The lowest BCUT2D eigenvalue weighted by molar-refractivity contribution is 0.600. The third kappa shape index (κ3) is 6.93. The van der Waals surface area contributed by atoms with Gasteiger partial charge >= 0.3 is 0 Å². The monoisotopic (exact) mass is 363 g/mol. The van der Waals surface area contributed by atoms with E-state index >= 15 is 0 Å². The molecule has 0 aliphatic rings. The maximum Gasteiger partial charge on any atom is 0.188 e. The SMILES string of the molecule is CS(=O)(=O)Cc1ccc(F)cc1CN=C(N)NCCc1ccccc1. The summed E-state index contributed by atoms with van der Waals surface area (Å²) in [5.74, 6) is -0.344. The van der Waals surface area contributed by atoms with Gasteiger partial charge in [-0.3, -0.25) is 0 Å². The van der Waals surface area contributed by atoms with Crippen molar-refractivity contribution in [2.24, 2.45) is 10.7 Å². The summed E-state index contributed by atoms with van der Waals surface area (Å²) in [5.41, 5.74) is 8.06. The number of sulfone groups is 1. The second kappa shape index (κ2) is 8.62. The Hall–Kier alpha value is -2.41. The molecule has 2 aromatic rings. The van der Waals surface area contributed by atoms with Crippen LogP contribution in [0.25, 0.3) is 0 Å². The predicted octanol–water partition coefficient (Wildman–Crippen LogP) is 2.02. The minimum atomic E-state index is -3.21. The summed E-state index contributed by atoms with van der Waals surface area (Å²) in [6.45, 7) is 0.742. The quantitative estimate of drug-likeness (QED) is 0.582. The molecule has 0 saturated carbocycles. The number of halogens is 1. The van der Waals surface area contributed by atoms with E-state index in [-0.39, 0.29) is 18.3 Å². The molecule has 0 amide bonds. The average Bonchev–Trinajstić information content (AvgIpc) is 2.55. The van der Waals surface area contributed by atoms with Gasteiger partial charge in [-0.2, -0.15) is 0 Å². The van der Waals surface area contributed by atoms with Gasteiger partial charge in [0.05, 0.1) is 12.3 Å². The van der Waals surface area contributed by atoms with E-state index in [9.17, 15) is 12.8 Å². The lowest BCUT2D eigenvalue weighted by atomic mass is 10.1. The van der Waals surface area contributed by atoms with Crippen molar-refractivity contribution >= 4 is 15.8 Å². The minimum absolute atomic E-state index is 0.118. The highest BCUT2D eigenvalue weighted by Crippen LogP contribution is 2.15. The molecule has 0 aliphatic carbocycles. The Bertz CT molecular complexity index is 837. The standard InChI is InChI=1S/C18H22FN3O2S/c1-25(23,24)13-15-7-8-17(19)11-16(15)12-22-18(20)21-10-9-14-5-3-2-4-6-14/h2-8,11H,9-10,12-13H2,1H3,(H3,20,21,22). The van der Waals surface area contributed by atoms with Crippen molar-refractivity contribution in [2.75, 3.05) is 12.8 Å². The second-order valence-electron chi connectivity index (χ2n) is 5.85. The molecule has 0 aliphatic heterocycles. The molecule has 7 heteroatoms. The van der Waals surface area contributed by atoms with Crippen LogP contribution in [-0.2, 0) is 28.6 Å². The number of nitrogens with one attached hydrogen (secondary N) is 1. The van der Waals surface area contributed by atoms with Gasteiger partial charge in [0.25, 0.3) is 0 Å². The maximum atomic E-state index is 13.5. The molecule has 0 heterocycles.